The first-order chi connectivity index (χ1) is 8.79. The van der Waals surface area contributed by atoms with Gasteiger partial charge in [-0.1, -0.05) is 6.07 Å². The van der Waals surface area contributed by atoms with E-state index >= 15 is 0 Å². The predicted octanol–water partition coefficient (Wildman–Crippen LogP) is 2.45. The van der Waals surface area contributed by atoms with Crippen molar-refractivity contribution in [2.24, 2.45) is 0 Å². The van der Waals surface area contributed by atoms with Gasteiger partial charge in [0.05, 0.1) is 10.6 Å². The summed E-state index contributed by atoms with van der Waals surface area (Å²) in [5, 5.41) is 0.370. The molecule has 19 heavy (non-hydrogen) atoms. The molecule has 7 heteroatoms. The minimum Gasteiger partial charge on any atom is -0.398 e. The van der Waals surface area contributed by atoms with Crippen LogP contribution in [0.5, 0.6) is 0 Å². The Kier molecular flexibility index (Phi) is 3.51. The number of aryl methyl sites for hydroxylation is 3. The molecule has 0 aliphatic carbocycles. The van der Waals surface area contributed by atoms with Gasteiger partial charge in [0, 0.05) is 10.6 Å². The van der Waals surface area contributed by atoms with Crippen LogP contribution in [0.15, 0.2) is 23.1 Å². The summed E-state index contributed by atoms with van der Waals surface area (Å²) in [5.41, 5.74) is 7.86. The molecule has 0 aliphatic heterocycles. The lowest BCUT2D eigenvalue weighted by atomic mass is 10.2. The Morgan fingerprint density at radius 3 is 2.47 bits per heavy atom. The standard InChI is InChI=1S/C12H15N3O2S2/c1-7-4-5-10(6-11(7)13)19(16,17)15-12-14-8(2)9(3)18-12/h4-6H,13H2,1-3H3,(H,14,15). The van der Waals surface area contributed by atoms with Gasteiger partial charge in [-0.3, -0.25) is 4.72 Å². The molecule has 0 fully saturated rings. The maximum absolute atomic E-state index is 12.2. The average Bonchev–Trinajstić information content (AvgIpc) is 2.60. The van der Waals surface area contributed by atoms with Crippen LogP contribution in [0, 0.1) is 20.8 Å². The van der Waals surface area contributed by atoms with Crippen LogP contribution in [0.25, 0.3) is 0 Å². The Balaban J connectivity index is 2.34. The molecule has 2 rings (SSSR count). The molecule has 102 valence electrons. The monoisotopic (exact) mass is 297 g/mol. The molecule has 0 amide bonds. The van der Waals surface area contributed by atoms with Crippen molar-refractivity contribution in [1.82, 2.24) is 4.98 Å². The molecule has 1 aromatic carbocycles. The fraction of sp³-hybridized carbons (Fsp3) is 0.250. The second-order valence-corrected chi connectivity index (χ2v) is 7.17. The number of hydrogen-bond acceptors (Lipinski definition) is 5. The molecule has 3 N–H and O–H groups in total. The van der Waals surface area contributed by atoms with E-state index in [0.717, 1.165) is 16.1 Å². The van der Waals surface area contributed by atoms with E-state index < -0.39 is 10.0 Å². The molecule has 0 aliphatic rings. The first-order valence-electron chi connectivity index (χ1n) is 5.62. The molecule has 0 bridgehead atoms. The van der Waals surface area contributed by atoms with E-state index in [1.807, 2.05) is 20.8 Å². The van der Waals surface area contributed by atoms with Crippen LogP contribution >= 0.6 is 11.3 Å². The van der Waals surface area contributed by atoms with Crippen molar-refractivity contribution in [3.05, 3.63) is 34.3 Å². The highest BCUT2D eigenvalue weighted by Gasteiger charge is 2.17. The molecular formula is C12H15N3O2S2. The lowest BCUT2D eigenvalue weighted by molar-refractivity contribution is 0.601. The average molecular weight is 297 g/mol. The Hall–Kier alpha value is -1.60. The first kappa shape index (κ1) is 13.8. The van der Waals surface area contributed by atoms with E-state index in [9.17, 15) is 8.42 Å². The van der Waals surface area contributed by atoms with E-state index in [-0.39, 0.29) is 4.90 Å². The normalized spacial score (nSPS) is 11.5. The van der Waals surface area contributed by atoms with E-state index in [2.05, 4.69) is 9.71 Å². The Morgan fingerprint density at radius 1 is 1.26 bits per heavy atom. The summed E-state index contributed by atoms with van der Waals surface area (Å²) in [5.74, 6) is 0. The van der Waals surface area contributed by atoms with E-state index in [1.54, 1.807) is 6.07 Å². The Labute approximate surface area is 116 Å². The zero-order valence-corrected chi connectivity index (χ0v) is 12.5. The maximum Gasteiger partial charge on any atom is 0.263 e. The van der Waals surface area contributed by atoms with Gasteiger partial charge in [0.2, 0.25) is 0 Å². The molecule has 2 aromatic rings. The third-order valence-electron chi connectivity index (χ3n) is 2.81. The molecule has 0 radical (unpaired) electrons. The smallest absolute Gasteiger partial charge is 0.263 e. The summed E-state index contributed by atoms with van der Waals surface area (Å²) in [6, 6.07) is 4.66. The minimum atomic E-state index is -3.64. The molecule has 0 unspecified atom stereocenters. The highest BCUT2D eigenvalue weighted by molar-refractivity contribution is 7.93. The lowest BCUT2D eigenvalue weighted by Crippen LogP contribution is -2.13. The number of rotatable bonds is 3. The summed E-state index contributed by atoms with van der Waals surface area (Å²) in [7, 11) is -3.64. The predicted molar refractivity (Wildman–Crippen MR) is 78.0 cm³/mol. The van der Waals surface area contributed by atoms with Crippen LogP contribution in [0.1, 0.15) is 16.1 Å². The van der Waals surface area contributed by atoms with Gasteiger partial charge in [-0.05, 0) is 38.5 Å². The third kappa shape index (κ3) is 2.87. The molecule has 0 saturated heterocycles. The van der Waals surface area contributed by atoms with Crippen LogP contribution in [0.4, 0.5) is 10.8 Å². The number of nitrogens with one attached hydrogen (secondary N) is 1. The summed E-state index contributed by atoms with van der Waals surface area (Å²) in [6.45, 7) is 5.56. The van der Waals surface area contributed by atoms with Gasteiger partial charge in [-0.2, -0.15) is 0 Å². The van der Waals surface area contributed by atoms with Crippen LogP contribution in [-0.4, -0.2) is 13.4 Å². The van der Waals surface area contributed by atoms with E-state index in [1.165, 1.54) is 23.5 Å². The zero-order chi connectivity index (χ0) is 14.2. The third-order valence-corrected chi connectivity index (χ3v) is 5.27. The summed E-state index contributed by atoms with van der Waals surface area (Å²) in [6.07, 6.45) is 0. The molecule has 1 aromatic heterocycles. The SMILES string of the molecule is Cc1ccc(S(=O)(=O)Nc2nc(C)c(C)s2)cc1N. The van der Waals surface area contributed by atoms with Crippen LogP contribution in [0.2, 0.25) is 0 Å². The number of nitrogens with zero attached hydrogens (tertiary/aromatic N) is 1. The Morgan fingerprint density at radius 2 is 1.95 bits per heavy atom. The summed E-state index contributed by atoms with van der Waals surface area (Å²) < 4.78 is 26.8. The second-order valence-electron chi connectivity index (χ2n) is 4.28. The molecule has 0 saturated carbocycles. The van der Waals surface area contributed by atoms with Crippen molar-refractivity contribution >= 4 is 32.2 Å². The van der Waals surface area contributed by atoms with E-state index in [4.69, 9.17) is 5.73 Å². The molecule has 5 nitrogen and oxygen atoms in total. The highest BCUT2D eigenvalue weighted by atomic mass is 32.2. The number of nitrogens with two attached hydrogens (primary N) is 1. The fourth-order valence-corrected chi connectivity index (χ4v) is 3.56. The first-order valence-corrected chi connectivity index (χ1v) is 7.92. The maximum atomic E-state index is 12.2. The Bertz CT molecular complexity index is 701. The number of benzene rings is 1. The van der Waals surface area contributed by atoms with Crippen molar-refractivity contribution in [2.45, 2.75) is 25.7 Å². The minimum absolute atomic E-state index is 0.140. The molecular weight excluding hydrogens is 282 g/mol. The second kappa shape index (κ2) is 4.82. The van der Waals surface area contributed by atoms with Crippen molar-refractivity contribution < 1.29 is 8.42 Å². The van der Waals surface area contributed by atoms with Gasteiger partial charge >= 0.3 is 0 Å². The molecule has 1 heterocycles. The zero-order valence-electron chi connectivity index (χ0n) is 10.9. The number of anilines is 2. The largest absolute Gasteiger partial charge is 0.398 e. The fourth-order valence-electron chi connectivity index (χ4n) is 1.48. The highest BCUT2D eigenvalue weighted by Crippen LogP contribution is 2.25. The van der Waals surface area contributed by atoms with Gasteiger partial charge in [0.1, 0.15) is 0 Å². The van der Waals surface area contributed by atoms with E-state index in [0.29, 0.717) is 10.8 Å². The number of sulfonamides is 1. The van der Waals surface area contributed by atoms with Crippen LogP contribution in [0.3, 0.4) is 0 Å². The van der Waals surface area contributed by atoms with Gasteiger partial charge in [-0.25, -0.2) is 13.4 Å². The van der Waals surface area contributed by atoms with Gasteiger partial charge in [0.25, 0.3) is 10.0 Å². The topological polar surface area (TPSA) is 85.1 Å². The quantitative estimate of drug-likeness (QED) is 0.852. The number of aromatic nitrogens is 1. The summed E-state index contributed by atoms with van der Waals surface area (Å²) in [4.78, 5) is 5.28. The van der Waals surface area contributed by atoms with Crippen LogP contribution < -0.4 is 10.5 Å². The lowest BCUT2D eigenvalue weighted by Gasteiger charge is -2.07. The number of hydrogen-bond donors (Lipinski definition) is 2. The van der Waals surface area contributed by atoms with Gasteiger partial charge < -0.3 is 5.73 Å². The summed E-state index contributed by atoms with van der Waals surface area (Å²) >= 11 is 1.31. The van der Waals surface area contributed by atoms with Crippen molar-refractivity contribution in [3.8, 4) is 0 Å². The van der Waals surface area contributed by atoms with Gasteiger partial charge in [-0.15, -0.1) is 11.3 Å². The number of nitrogen functional groups attached to an aromatic ring is 1. The van der Waals surface area contributed by atoms with Gasteiger partial charge in [0.15, 0.2) is 5.13 Å². The molecule has 0 spiro atoms. The number of thiazole rings is 1. The van der Waals surface area contributed by atoms with Crippen molar-refractivity contribution in [1.29, 1.82) is 0 Å². The van der Waals surface area contributed by atoms with Crippen LogP contribution in [-0.2, 0) is 10.0 Å². The van der Waals surface area contributed by atoms with Crippen molar-refractivity contribution in [2.75, 3.05) is 10.5 Å². The molecule has 0 atom stereocenters. The van der Waals surface area contributed by atoms with Crippen molar-refractivity contribution in [3.63, 3.8) is 0 Å².